The minimum Gasteiger partial charge on any atom is -0.264 e. The molecule has 0 spiro atoms. The highest BCUT2D eigenvalue weighted by Crippen LogP contribution is 2.24. The molecule has 1 heterocycles. The van der Waals surface area contributed by atoms with Crippen molar-refractivity contribution in [1.82, 2.24) is 4.98 Å². The fourth-order valence-electron chi connectivity index (χ4n) is 2.88. The molecule has 0 amide bonds. The monoisotopic (exact) mass is 326 g/mol. The zero-order chi connectivity index (χ0) is 17.8. The number of pyridine rings is 1. The molecule has 2 nitrogen and oxygen atoms in total. The fraction of sp³-hybridized carbons (Fsp3) is 0.130. The second kappa shape index (κ2) is 7.27. The number of rotatable bonds is 4. The van der Waals surface area contributed by atoms with Gasteiger partial charge in [-0.3, -0.25) is 9.98 Å². The van der Waals surface area contributed by atoms with E-state index in [0.29, 0.717) is 0 Å². The molecule has 0 unspecified atom stereocenters. The lowest BCUT2D eigenvalue weighted by atomic mass is 9.96. The van der Waals surface area contributed by atoms with E-state index in [-0.39, 0.29) is 0 Å². The van der Waals surface area contributed by atoms with Crippen molar-refractivity contribution in [3.8, 4) is 11.1 Å². The Morgan fingerprint density at radius 1 is 0.960 bits per heavy atom. The first kappa shape index (κ1) is 16.8. The first-order chi connectivity index (χ1) is 12.0. The Morgan fingerprint density at radius 2 is 1.76 bits per heavy atom. The SMILES string of the molecule is C=C(N=C(C)c1cc(-c2cccc(C)c2)ccc1C)c1cccnc1. The van der Waals surface area contributed by atoms with Gasteiger partial charge >= 0.3 is 0 Å². The Hall–Kier alpha value is -3.00. The Bertz CT molecular complexity index is 937. The standard InChI is InChI=1S/C23H22N2/c1-16-7-5-8-20(13-16)21-11-10-17(2)23(14-21)19(4)25-18(3)22-9-6-12-24-15-22/h5-15H,3H2,1-2,4H3. The van der Waals surface area contributed by atoms with E-state index in [4.69, 9.17) is 4.99 Å². The van der Waals surface area contributed by atoms with Crippen LogP contribution in [0.3, 0.4) is 0 Å². The number of aliphatic imine (C=N–C) groups is 1. The average molecular weight is 326 g/mol. The van der Waals surface area contributed by atoms with Gasteiger partial charge in [0, 0.05) is 23.7 Å². The van der Waals surface area contributed by atoms with Gasteiger partial charge in [0.15, 0.2) is 0 Å². The van der Waals surface area contributed by atoms with Crippen molar-refractivity contribution in [3.05, 3.63) is 95.8 Å². The van der Waals surface area contributed by atoms with Crippen molar-refractivity contribution in [2.45, 2.75) is 20.8 Å². The summed E-state index contributed by atoms with van der Waals surface area (Å²) in [6, 6.07) is 18.9. The summed E-state index contributed by atoms with van der Waals surface area (Å²) in [6.07, 6.45) is 3.54. The third-order valence-corrected chi connectivity index (χ3v) is 4.28. The molecule has 0 saturated carbocycles. The summed E-state index contributed by atoms with van der Waals surface area (Å²) < 4.78 is 0. The molecule has 3 aromatic rings. The Morgan fingerprint density at radius 3 is 2.48 bits per heavy atom. The second-order valence-corrected chi connectivity index (χ2v) is 6.28. The molecule has 0 aliphatic rings. The third kappa shape index (κ3) is 3.92. The van der Waals surface area contributed by atoms with E-state index in [1.807, 2.05) is 19.1 Å². The van der Waals surface area contributed by atoms with Gasteiger partial charge in [0.1, 0.15) is 0 Å². The van der Waals surface area contributed by atoms with Gasteiger partial charge in [0.2, 0.25) is 0 Å². The highest BCUT2D eigenvalue weighted by atomic mass is 14.8. The minimum absolute atomic E-state index is 0.728. The number of aryl methyl sites for hydroxylation is 2. The van der Waals surface area contributed by atoms with E-state index < -0.39 is 0 Å². The van der Waals surface area contributed by atoms with Gasteiger partial charge in [-0.1, -0.05) is 48.5 Å². The first-order valence-corrected chi connectivity index (χ1v) is 8.37. The number of nitrogens with zero attached hydrogens (tertiary/aromatic N) is 2. The second-order valence-electron chi connectivity index (χ2n) is 6.28. The van der Waals surface area contributed by atoms with Gasteiger partial charge in [-0.15, -0.1) is 0 Å². The maximum absolute atomic E-state index is 4.71. The maximum Gasteiger partial charge on any atom is 0.0649 e. The van der Waals surface area contributed by atoms with Gasteiger partial charge in [-0.2, -0.15) is 0 Å². The van der Waals surface area contributed by atoms with Crippen LogP contribution in [0.5, 0.6) is 0 Å². The zero-order valence-corrected chi connectivity index (χ0v) is 15.0. The summed E-state index contributed by atoms with van der Waals surface area (Å²) >= 11 is 0. The van der Waals surface area contributed by atoms with Crippen molar-refractivity contribution in [1.29, 1.82) is 0 Å². The largest absolute Gasteiger partial charge is 0.264 e. The number of hydrogen-bond acceptors (Lipinski definition) is 2. The van der Waals surface area contributed by atoms with Crippen LogP contribution < -0.4 is 0 Å². The first-order valence-electron chi connectivity index (χ1n) is 8.37. The molecule has 1 aromatic heterocycles. The topological polar surface area (TPSA) is 25.2 Å². The van der Waals surface area contributed by atoms with E-state index in [2.05, 4.69) is 67.9 Å². The van der Waals surface area contributed by atoms with Gasteiger partial charge in [0.05, 0.1) is 5.70 Å². The molecule has 3 rings (SSSR count). The Labute approximate surface area is 149 Å². The highest BCUT2D eigenvalue weighted by Gasteiger charge is 2.07. The van der Waals surface area contributed by atoms with Crippen LogP contribution >= 0.6 is 0 Å². The molecule has 0 aliphatic carbocycles. The molecular formula is C23H22N2. The van der Waals surface area contributed by atoms with E-state index in [9.17, 15) is 0 Å². The lowest BCUT2D eigenvalue weighted by Gasteiger charge is -2.10. The molecule has 0 bridgehead atoms. The summed E-state index contributed by atoms with van der Waals surface area (Å²) in [7, 11) is 0. The predicted molar refractivity (Wildman–Crippen MR) is 107 cm³/mol. The van der Waals surface area contributed by atoms with Crippen molar-refractivity contribution in [2.24, 2.45) is 4.99 Å². The molecule has 0 radical (unpaired) electrons. The molecule has 0 aliphatic heterocycles. The Kier molecular flexibility index (Phi) is 4.90. The average Bonchev–Trinajstić information content (AvgIpc) is 2.62. The lowest BCUT2D eigenvalue weighted by molar-refractivity contribution is 1.30. The van der Waals surface area contributed by atoms with E-state index in [1.165, 1.54) is 22.3 Å². The number of benzene rings is 2. The van der Waals surface area contributed by atoms with E-state index in [0.717, 1.165) is 22.5 Å². The summed E-state index contributed by atoms with van der Waals surface area (Å²) in [5.74, 6) is 0. The minimum atomic E-state index is 0.728. The summed E-state index contributed by atoms with van der Waals surface area (Å²) in [4.78, 5) is 8.85. The zero-order valence-electron chi connectivity index (χ0n) is 15.0. The molecular weight excluding hydrogens is 304 g/mol. The molecule has 0 N–H and O–H groups in total. The van der Waals surface area contributed by atoms with E-state index in [1.54, 1.807) is 12.4 Å². The summed E-state index contributed by atoms with van der Waals surface area (Å²) in [5.41, 5.74) is 8.66. The van der Waals surface area contributed by atoms with Crippen molar-refractivity contribution in [2.75, 3.05) is 0 Å². The van der Waals surface area contributed by atoms with Crippen LogP contribution in [0, 0.1) is 13.8 Å². The molecule has 25 heavy (non-hydrogen) atoms. The molecule has 2 aromatic carbocycles. The van der Waals surface area contributed by atoms with Crippen LogP contribution in [-0.2, 0) is 0 Å². The maximum atomic E-state index is 4.71. The van der Waals surface area contributed by atoms with Crippen molar-refractivity contribution in [3.63, 3.8) is 0 Å². The lowest BCUT2D eigenvalue weighted by Crippen LogP contribution is -1.99. The van der Waals surface area contributed by atoms with Crippen molar-refractivity contribution >= 4 is 11.4 Å². The van der Waals surface area contributed by atoms with Gasteiger partial charge in [-0.25, -0.2) is 0 Å². The molecule has 0 saturated heterocycles. The van der Waals surface area contributed by atoms with Gasteiger partial charge in [0.25, 0.3) is 0 Å². The normalized spacial score (nSPS) is 11.4. The molecule has 2 heteroatoms. The van der Waals surface area contributed by atoms with Crippen molar-refractivity contribution < 1.29 is 0 Å². The predicted octanol–water partition coefficient (Wildman–Crippen LogP) is 5.85. The number of hydrogen-bond donors (Lipinski definition) is 0. The highest BCUT2D eigenvalue weighted by molar-refractivity contribution is 6.03. The van der Waals surface area contributed by atoms with Crippen LogP contribution in [0.25, 0.3) is 16.8 Å². The fourth-order valence-corrected chi connectivity index (χ4v) is 2.88. The van der Waals surface area contributed by atoms with Gasteiger partial charge < -0.3 is 0 Å². The van der Waals surface area contributed by atoms with Crippen LogP contribution in [-0.4, -0.2) is 10.7 Å². The van der Waals surface area contributed by atoms with Crippen LogP contribution in [0.2, 0.25) is 0 Å². The third-order valence-electron chi connectivity index (χ3n) is 4.28. The smallest absolute Gasteiger partial charge is 0.0649 e. The quantitative estimate of drug-likeness (QED) is 0.552. The van der Waals surface area contributed by atoms with Crippen LogP contribution in [0.15, 0.2) is 78.6 Å². The summed E-state index contributed by atoms with van der Waals surface area (Å²) in [5, 5.41) is 0. The molecule has 124 valence electrons. The van der Waals surface area contributed by atoms with Gasteiger partial charge in [-0.05, 0) is 61.2 Å². The Balaban J connectivity index is 1.97. The number of aromatic nitrogens is 1. The van der Waals surface area contributed by atoms with Crippen LogP contribution in [0.1, 0.15) is 29.2 Å². The van der Waals surface area contributed by atoms with Crippen LogP contribution in [0.4, 0.5) is 0 Å². The van der Waals surface area contributed by atoms with E-state index >= 15 is 0 Å². The molecule has 0 atom stereocenters. The summed E-state index contributed by atoms with van der Waals surface area (Å²) in [6.45, 7) is 10.3. The molecule has 0 fully saturated rings.